The SMILES string of the molecule is CCC(CC)C(=O)C=C(O)C(CC)CC.CCC(CC)C(=O)C=C(O)C(CC)CC.[2H]c1nc(-c2[c-]c(C)cc(C(C)C)c2)c2ccc(C(C)C)cc2c1[2H].[2H]c1nc(-c2[c-]c(C)cc(C)c2)c2ccc(C(C)C)cc2c1[2H].[2H]c1nc(-c2[c-]c(C)cc(C)c2)c2ccc(C(C)C)cc2c1[2H].[2H]c1nc(-c2[c-]c(C)cc(C)c2)c2ccc(C3CCCC3)cc2c1[2H].[Ir].[Ir]. The van der Waals surface area contributed by atoms with Crippen LogP contribution in [0, 0.1) is 96.4 Å². The van der Waals surface area contributed by atoms with Crippen molar-refractivity contribution in [2.24, 2.45) is 23.7 Å². The number of rotatable bonds is 23. The fraction of sp³-hybridized carbons (Fsp3) is 0.400. The number of hydrogen-bond donors (Lipinski definition) is 2. The normalized spacial score (nSPS) is 13.2. The van der Waals surface area contributed by atoms with E-state index in [9.17, 15) is 19.8 Å². The molecule has 0 aliphatic heterocycles. The molecule has 13 rings (SSSR count). The number of fused-ring (bicyclic) bond motifs is 4. The number of hydrogen-bond acceptors (Lipinski definition) is 8. The molecule has 12 aromatic rings. The molecule has 1 aliphatic rings. The number of pyridine rings is 4. The Kier molecular flexibility index (Phi) is 35.5. The summed E-state index contributed by atoms with van der Waals surface area (Å²) >= 11 is 0. The van der Waals surface area contributed by atoms with E-state index in [4.69, 9.17) is 11.0 Å². The summed E-state index contributed by atoms with van der Waals surface area (Å²) in [4.78, 5) is 41.0. The van der Waals surface area contributed by atoms with E-state index in [1.54, 1.807) is 0 Å². The van der Waals surface area contributed by atoms with Crippen molar-refractivity contribution in [2.45, 2.75) is 266 Å². The number of aromatic nitrogens is 4. The zero-order valence-electron chi connectivity index (χ0n) is 83.5. The molecular weight excluding hydrogens is 1830 g/mol. The van der Waals surface area contributed by atoms with Crippen molar-refractivity contribution in [3.05, 3.63) is 285 Å². The Morgan fingerprint density at radius 2 is 0.633 bits per heavy atom. The van der Waals surface area contributed by atoms with E-state index < -0.39 is 0 Å². The quantitative estimate of drug-likeness (QED) is 0.0368. The van der Waals surface area contributed by atoms with Gasteiger partial charge in [0.15, 0.2) is 11.6 Å². The van der Waals surface area contributed by atoms with Crippen molar-refractivity contribution in [3.63, 3.8) is 0 Å². The molecule has 0 bridgehead atoms. The molecular formula is C110H134Ir2N4O4-4. The van der Waals surface area contributed by atoms with Gasteiger partial charge in [-0.3, -0.25) is 9.59 Å². The summed E-state index contributed by atoms with van der Waals surface area (Å²) in [5, 5.41) is 26.4. The molecule has 1 saturated carbocycles. The van der Waals surface area contributed by atoms with Crippen molar-refractivity contribution >= 4 is 54.7 Å². The predicted octanol–water partition coefficient (Wildman–Crippen LogP) is 30.9. The largest absolute Gasteiger partial charge is 0.512 e. The van der Waals surface area contributed by atoms with Crippen LogP contribution in [0.5, 0.6) is 0 Å². The van der Waals surface area contributed by atoms with Crippen LogP contribution >= 0.6 is 0 Å². The molecule has 2 radical (unpaired) electrons. The number of allylic oxidation sites excluding steroid dienone is 4. The predicted molar refractivity (Wildman–Crippen MR) is 503 cm³/mol. The monoisotopic (exact) mass is 1970 g/mol. The second kappa shape index (κ2) is 48.7. The molecule has 2 N–H and O–H groups in total. The molecule has 8 nitrogen and oxygen atoms in total. The van der Waals surface area contributed by atoms with Gasteiger partial charge in [0, 0.05) is 101 Å². The van der Waals surface area contributed by atoms with E-state index in [2.05, 4.69) is 179 Å². The fourth-order valence-corrected chi connectivity index (χ4v) is 15.5. The van der Waals surface area contributed by atoms with Crippen molar-refractivity contribution < 1.29 is 71.0 Å². The van der Waals surface area contributed by atoms with Gasteiger partial charge >= 0.3 is 0 Å². The zero-order chi connectivity index (χ0) is 93.0. The number of ketones is 2. The second-order valence-electron chi connectivity index (χ2n) is 33.4. The molecule has 1 fully saturated rings. The smallest absolute Gasteiger partial charge is 0.162 e. The van der Waals surface area contributed by atoms with Gasteiger partial charge in [0.05, 0.1) is 22.5 Å². The number of aliphatic hydroxyl groups is 2. The molecule has 0 atom stereocenters. The summed E-state index contributed by atoms with van der Waals surface area (Å²) < 4.78 is 65.5. The Bertz CT molecular complexity index is 5620. The summed E-state index contributed by atoms with van der Waals surface area (Å²) in [6, 6.07) is 55.7. The van der Waals surface area contributed by atoms with Crippen LogP contribution in [-0.4, -0.2) is 41.7 Å². The van der Waals surface area contributed by atoms with Gasteiger partial charge in [-0.1, -0.05) is 245 Å². The van der Waals surface area contributed by atoms with Gasteiger partial charge in [-0.2, -0.15) is 0 Å². The molecule has 0 saturated heterocycles. The molecule has 640 valence electrons. The van der Waals surface area contributed by atoms with E-state index >= 15 is 0 Å². The zero-order valence-corrected chi connectivity index (χ0v) is 80.3. The molecule has 120 heavy (non-hydrogen) atoms. The average molecular weight is 1970 g/mol. The molecule has 10 heteroatoms. The van der Waals surface area contributed by atoms with Crippen LogP contribution in [0.2, 0.25) is 0 Å². The molecule has 0 unspecified atom stereocenters. The van der Waals surface area contributed by atoms with Gasteiger partial charge in [0.2, 0.25) is 0 Å². The maximum absolute atomic E-state index is 11.7. The number of carbonyl (C=O) groups is 2. The molecule has 0 spiro atoms. The van der Waals surface area contributed by atoms with E-state index in [0.29, 0.717) is 29.6 Å². The Labute approximate surface area is 759 Å². The van der Waals surface area contributed by atoms with E-state index in [-0.39, 0.29) is 136 Å². The van der Waals surface area contributed by atoms with Crippen LogP contribution in [0.1, 0.15) is 295 Å². The van der Waals surface area contributed by atoms with Gasteiger partial charge in [0.25, 0.3) is 0 Å². The Morgan fingerprint density at radius 3 is 0.908 bits per heavy atom. The van der Waals surface area contributed by atoms with Crippen LogP contribution in [0.3, 0.4) is 0 Å². The van der Waals surface area contributed by atoms with Gasteiger partial charge in [-0.25, -0.2) is 0 Å². The van der Waals surface area contributed by atoms with Crippen LogP contribution in [0.4, 0.5) is 0 Å². The first-order valence-corrected chi connectivity index (χ1v) is 43.3. The van der Waals surface area contributed by atoms with Crippen molar-refractivity contribution in [1.29, 1.82) is 0 Å². The first kappa shape index (κ1) is 87.5. The van der Waals surface area contributed by atoms with Gasteiger partial charge in [-0.15, -0.1) is 140 Å². The summed E-state index contributed by atoms with van der Waals surface area (Å²) in [6.07, 6.45) is 14.9. The summed E-state index contributed by atoms with van der Waals surface area (Å²) in [5.74, 6) is 3.26. The summed E-state index contributed by atoms with van der Waals surface area (Å²) in [5.41, 5.74) is 20.3. The van der Waals surface area contributed by atoms with Crippen molar-refractivity contribution in [3.8, 4) is 45.0 Å². The second-order valence-corrected chi connectivity index (χ2v) is 33.4. The van der Waals surface area contributed by atoms with Crippen LogP contribution in [0.25, 0.3) is 88.1 Å². The molecule has 4 heterocycles. The Morgan fingerprint density at radius 1 is 0.367 bits per heavy atom. The van der Waals surface area contributed by atoms with E-state index in [1.165, 1.54) is 65.7 Å². The van der Waals surface area contributed by atoms with E-state index in [0.717, 1.165) is 178 Å². The molecule has 4 aromatic heterocycles. The Hall–Kier alpha value is -8.88. The van der Waals surface area contributed by atoms with Gasteiger partial charge in [0.1, 0.15) is 0 Å². The van der Waals surface area contributed by atoms with Crippen molar-refractivity contribution in [1.82, 2.24) is 19.9 Å². The third-order valence-electron chi connectivity index (χ3n) is 22.8. The first-order valence-electron chi connectivity index (χ1n) is 47.3. The van der Waals surface area contributed by atoms with Crippen LogP contribution in [0.15, 0.2) is 194 Å². The van der Waals surface area contributed by atoms with E-state index in [1.807, 2.05) is 145 Å². The maximum atomic E-state index is 11.7. The Balaban J connectivity index is 0.000000239. The number of nitrogens with zero attached hydrogens (tertiary/aromatic N) is 4. The van der Waals surface area contributed by atoms with Crippen molar-refractivity contribution in [2.75, 3.05) is 0 Å². The first-order chi connectivity index (χ1) is 59.7. The minimum atomic E-state index is 0. The summed E-state index contributed by atoms with van der Waals surface area (Å²) in [6.45, 7) is 47.5. The minimum absolute atomic E-state index is 0. The molecule has 0 amide bonds. The maximum Gasteiger partial charge on any atom is 0.162 e. The third-order valence-corrected chi connectivity index (χ3v) is 22.8. The average Bonchev–Trinajstić information content (AvgIpc) is 0.807. The number of benzene rings is 8. The fourth-order valence-electron chi connectivity index (χ4n) is 15.5. The number of carbonyl (C=O) groups excluding carboxylic acids is 2. The molecule has 8 aromatic carbocycles. The van der Waals surface area contributed by atoms with Gasteiger partial charge in [-0.05, 0) is 206 Å². The number of aryl methyl sites for hydroxylation is 7. The third kappa shape index (κ3) is 27.8. The van der Waals surface area contributed by atoms with Gasteiger partial charge < -0.3 is 30.1 Å². The van der Waals surface area contributed by atoms with Crippen LogP contribution in [-0.2, 0) is 49.8 Å². The minimum Gasteiger partial charge on any atom is -0.512 e. The number of aliphatic hydroxyl groups excluding tert-OH is 2. The standard InChI is InChI=1S/C22H22N.C22H24N.2C20H20N.2C13H24O2.2Ir/c1-15-11-16(2)13-20(12-15)22-21-8-7-18(17-5-3-4-6-17)14-19(21)9-10-23-22;1-14(2)17-6-7-21-18(12-17)8-9-23-22(21)20-11-16(5)10-19(13-20)15(3)4;2*1-13(2)16-5-6-19-17(12-16)7-8-21-20(19)18-10-14(3)9-15(4)11-18;2*1-5-10(6-2)12(14)9-13(15)11(7-3)8-4;;/h7-12,14,17H,3-6H2,1-2H3;6-10,12-15H,1-5H3;2*5-10,12-13H,1-4H3;2*9-11,14H,5-8H2,1-4H3;;/q4*-1;;;;/i9D,10D;8D,9D;2*7D,8D;;;;. The summed E-state index contributed by atoms with van der Waals surface area (Å²) in [7, 11) is 0. The van der Waals surface area contributed by atoms with Crippen LogP contribution < -0.4 is 0 Å². The molecule has 1 aliphatic carbocycles. The topological polar surface area (TPSA) is 126 Å².